The topological polar surface area (TPSA) is 90.1 Å². The molecule has 1 aliphatic rings. The van der Waals surface area contributed by atoms with Crippen molar-refractivity contribution in [3.63, 3.8) is 0 Å². The second-order valence-corrected chi connectivity index (χ2v) is 6.93. The molecule has 4 rings (SSSR count). The molecule has 0 atom stereocenters. The van der Waals surface area contributed by atoms with E-state index in [0.29, 0.717) is 25.3 Å². The number of benzene rings is 1. The highest BCUT2D eigenvalue weighted by atomic mass is 16.5. The zero-order valence-corrected chi connectivity index (χ0v) is 15.3. The van der Waals surface area contributed by atoms with E-state index in [1.807, 2.05) is 31.3 Å². The van der Waals surface area contributed by atoms with E-state index in [1.165, 1.54) is 0 Å². The van der Waals surface area contributed by atoms with Gasteiger partial charge < -0.3 is 9.84 Å². The monoisotopic (exact) mass is 366 g/mol. The summed E-state index contributed by atoms with van der Waals surface area (Å²) >= 11 is 0. The summed E-state index contributed by atoms with van der Waals surface area (Å²) in [5, 5.41) is 23.2. The highest BCUT2D eigenvalue weighted by Gasteiger charge is 2.22. The van der Waals surface area contributed by atoms with Gasteiger partial charge in [-0.25, -0.2) is 0 Å². The first kappa shape index (κ1) is 17.8. The molecule has 1 aliphatic heterocycles. The molecule has 7 nitrogen and oxygen atoms in total. The van der Waals surface area contributed by atoms with Gasteiger partial charge in [-0.1, -0.05) is 6.07 Å². The number of hydrogen-bond acceptors (Lipinski definition) is 6. The Bertz CT molecular complexity index is 977. The molecule has 1 N–H and O–H groups in total. The minimum absolute atomic E-state index is 0.0603. The fourth-order valence-corrected chi connectivity index (χ4v) is 3.58. The molecule has 1 saturated heterocycles. The Balaban J connectivity index is 1.62. The van der Waals surface area contributed by atoms with Crippen molar-refractivity contribution in [3.05, 3.63) is 41.9 Å². The number of aliphatic hydroxyl groups excluding tert-OH is 1. The Hall–Kier alpha value is -2.64. The van der Waals surface area contributed by atoms with Crippen LogP contribution in [0.4, 0.5) is 0 Å². The quantitative estimate of drug-likeness (QED) is 0.743. The minimum Gasteiger partial charge on any atom is -0.390 e. The number of carbonyl (C=O) groups is 1. The van der Waals surface area contributed by atoms with Gasteiger partial charge in [0.2, 0.25) is 0 Å². The molecule has 0 aliphatic carbocycles. The lowest BCUT2D eigenvalue weighted by Gasteiger charge is -2.20. The fraction of sp³-hybridized carbons (Fsp3) is 0.400. The molecular weight excluding hydrogens is 344 g/mol. The summed E-state index contributed by atoms with van der Waals surface area (Å²) in [6, 6.07) is 7.77. The number of hydrogen-bond donors (Lipinski definition) is 1. The van der Waals surface area contributed by atoms with E-state index in [2.05, 4.69) is 15.3 Å². The zero-order chi connectivity index (χ0) is 18.8. The van der Waals surface area contributed by atoms with E-state index in [4.69, 9.17) is 4.74 Å². The number of aliphatic hydroxyl groups is 1. The second-order valence-electron chi connectivity index (χ2n) is 6.93. The third-order valence-electron chi connectivity index (χ3n) is 5.19. The maximum Gasteiger partial charge on any atom is 0.142 e. The summed E-state index contributed by atoms with van der Waals surface area (Å²) in [7, 11) is 1.81. The average Bonchev–Trinajstić information content (AvgIpc) is 3.08. The first-order valence-electron chi connectivity index (χ1n) is 9.14. The molecule has 27 heavy (non-hydrogen) atoms. The van der Waals surface area contributed by atoms with Crippen molar-refractivity contribution in [1.82, 2.24) is 20.0 Å². The Kier molecular flexibility index (Phi) is 4.96. The van der Waals surface area contributed by atoms with E-state index in [0.717, 1.165) is 40.6 Å². The molecule has 0 bridgehead atoms. The number of ketones is 1. The highest BCUT2D eigenvalue weighted by molar-refractivity contribution is 5.87. The first-order chi connectivity index (χ1) is 13.2. The summed E-state index contributed by atoms with van der Waals surface area (Å²) in [4.78, 5) is 12.5. The Labute approximate surface area is 157 Å². The Morgan fingerprint density at radius 2 is 2.07 bits per heavy atom. The van der Waals surface area contributed by atoms with E-state index < -0.39 is 0 Å². The van der Waals surface area contributed by atoms with Gasteiger partial charge in [0.1, 0.15) is 5.78 Å². The summed E-state index contributed by atoms with van der Waals surface area (Å²) in [5.74, 6) is 0.267. The number of fused-ring (bicyclic) bond motifs is 1. The van der Waals surface area contributed by atoms with Crippen LogP contribution in [-0.2, 0) is 29.6 Å². The minimum atomic E-state index is -0.0800. The molecule has 140 valence electrons. The van der Waals surface area contributed by atoms with Gasteiger partial charge in [0.25, 0.3) is 0 Å². The summed E-state index contributed by atoms with van der Waals surface area (Å²) in [6.07, 6.45) is 3.62. The predicted octanol–water partition coefficient (Wildman–Crippen LogP) is 2.06. The van der Waals surface area contributed by atoms with E-state index >= 15 is 0 Å². The third kappa shape index (κ3) is 3.61. The van der Waals surface area contributed by atoms with Gasteiger partial charge in [-0.05, 0) is 36.6 Å². The average molecular weight is 366 g/mol. The van der Waals surface area contributed by atoms with Crippen molar-refractivity contribution >= 4 is 16.7 Å². The molecular formula is C20H22N4O3. The molecule has 0 unspecified atom stereocenters. The molecule has 0 radical (unpaired) electrons. The smallest absolute Gasteiger partial charge is 0.142 e. The molecule has 7 heteroatoms. The SMILES string of the molecule is Cn1ncc(-c2ccc3nnc(CC(=O)C4CCOCC4)cc3c2)c1CO. The number of rotatable bonds is 5. The number of nitrogens with zero attached hydrogens (tertiary/aromatic N) is 4. The molecule has 0 amide bonds. The van der Waals surface area contributed by atoms with Gasteiger partial charge in [-0.2, -0.15) is 15.3 Å². The molecule has 1 fully saturated rings. The number of aromatic nitrogens is 4. The number of ether oxygens (including phenoxy) is 1. The Morgan fingerprint density at radius 3 is 2.85 bits per heavy atom. The van der Waals surface area contributed by atoms with Gasteiger partial charge in [-0.15, -0.1) is 0 Å². The third-order valence-corrected chi connectivity index (χ3v) is 5.19. The van der Waals surface area contributed by atoms with Crippen LogP contribution in [-0.4, -0.2) is 44.1 Å². The van der Waals surface area contributed by atoms with Crippen LogP contribution in [0.15, 0.2) is 30.5 Å². The van der Waals surface area contributed by atoms with Crippen LogP contribution in [0.25, 0.3) is 22.0 Å². The van der Waals surface area contributed by atoms with Crippen LogP contribution >= 0.6 is 0 Å². The second kappa shape index (κ2) is 7.54. The van der Waals surface area contributed by atoms with Crippen molar-refractivity contribution in [2.75, 3.05) is 13.2 Å². The van der Waals surface area contributed by atoms with Crippen LogP contribution in [0.5, 0.6) is 0 Å². The largest absolute Gasteiger partial charge is 0.390 e. The van der Waals surface area contributed by atoms with E-state index in [1.54, 1.807) is 10.9 Å². The van der Waals surface area contributed by atoms with E-state index in [-0.39, 0.29) is 18.3 Å². The normalized spacial score (nSPS) is 15.3. The molecule has 0 spiro atoms. The predicted molar refractivity (Wildman–Crippen MR) is 99.9 cm³/mol. The van der Waals surface area contributed by atoms with Crippen molar-refractivity contribution in [1.29, 1.82) is 0 Å². The van der Waals surface area contributed by atoms with Gasteiger partial charge in [0.05, 0.1) is 36.1 Å². The Morgan fingerprint density at radius 1 is 1.26 bits per heavy atom. The van der Waals surface area contributed by atoms with Crippen LogP contribution in [0, 0.1) is 5.92 Å². The van der Waals surface area contributed by atoms with Gasteiger partial charge in [-0.3, -0.25) is 9.48 Å². The summed E-state index contributed by atoms with van der Waals surface area (Å²) in [5.41, 5.74) is 4.05. The lowest BCUT2D eigenvalue weighted by molar-refractivity contribution is -0.125. The number of Topliss-reactive ketones (excluding diaryl/α,β-unsaturated/α-hetero) is 1. The fourth-order valence-electron chi connectivity index (χ4n) is 3.58. The zero-order valence-electron chi connectivity index (χ0n) is 15.3. The molecule has 3 aromatic rings. The lowest BCUT2D eigenvalue weighted by atomic mass is 9.92. The highest BCUT2D eigenvalue weighted by Crippen LogP contribution is 2.27. The number of carbonyl (C=O) groups excluding carboxylic acids is 1. The van der Waals surface area contributed by atoms with Crippen molar-refractivity contribution < 1.29 is 14.6 Å². The van der Waals surface area contributed by atoms with Crippen molar-refractivity contribution in [2.45, 2.75) is 25.9 Å². The van der Waals surface area contributed by atoms with Crippen LogP contribution < -0.4 is 0 Å². The van der Waals surface area contributed by atoms with Crippen LogP contribution in [0.2, 0.25) is 0 Å². The van der Waals surface area contributed by atoms with Crippen molar-refractivity contribution in [2.24, 2.45) is 13.0 Å². The maximum absolute atomic E-state index is 12.5. The maximum atomic E-state index is 12.5. The first-order valence-corrected chi connectivity index (χ1v) is 9.14. The molecule has 3 heterocycles. The van der Waals surface area contributed by atoms with Crippen LogP contribution in [0.1, 0.15) is 24.2 Å². The van der Waals surface area contributed by atoms with Crippen molar-refractivity contribution in [3.8, 4) is 11.1 Å². The molecule has 2 aromatic heterocycles. The molecule has 1 aromatic carbocycles. The van der Waals surface area contributed by atoms with E-state index in [9.17, 15) is 9.90 Å². The standard InChI is InChI=1S/C20H22N4O3/c1-24-19(12-25)17(11-21-24)14-2-3-18-15(8-14)9-16(22-23-18)10-20(26)13-4-6-27-7-5-13/h2-3,8-9,11,13,25H,4-7,10,12H2,1H3. The van der Waals surface area contributed by atoms with Gasteiger partial charge in [0, 0.05) is 37.1 Å². The summed E-state index contributed by atoms with van der Waals surface area (Å²) in [6.45, 7) is 1.23. The van der Waals surface area contributed by atoms with Gasteiger partial charge >= 0.3 is 0 Å². The number of aryl methyl sites for hydroxylation is 1. The summed E-state index contributed by atoms with van der Waals surface area (Å²) < 4.78 is 7.00. The molecule has 0 saturated carbocycles. The lowest BCUT2D eigenvalue weighted by Crippen LogP contribution is -2.25. The van der Waals surface area contributed by atoms with Gasteiger partial charge in [0.15, 0.2) is 0 Å². The van der Waals surface area contributed by atoms with Crippen LogP contribution in [0.3, 0.4) is 0 Å².